The zero-order valence-electron chi connectivity index (χ0n) is 10.2. The van der Waals surface area contributed by atoms with E-state index in [9.17, 15) is 14.9 Å². The van der Waals surface area contributed by atoms with Gasteiger partial charge in [-0.15, -0.1) is 11.8 Å². The highest BCUT2D eigenvalue weighted by Crippen LogP contribution is 2.41. The van der Waals surface area contributed by atoms with Gasteiger partial charge in [0.15, 0.2) is 0 Å². The predicted molar refractivity (Wildman–Crippen MR) is 69.8 cm³/mol. The number of carbonyl (C=O) groups is 1. The van der Waals surface area contributed by atoms with Gasteiger partial charge in [-0.25, -0.2) is 0 Å². The molecule has 3 heterocycles. The molecule has 0 unspecified atom stereocenters. The van der Waals surface area contributed by atoms with E-state index in [2.05, 4.69) is 0 Å². The fourth-order valence-electron chi connectivity index (χ4n) is 2.00. The Balaban J connectivity index is 1.83. The fraction of sp³-hybridized carbons (Fsp3) is 0.250. The summed E-state index contributed by atoms with van der Waals surface area (Å²) in [6, 6.07) is 6.35. The quantitative estimate of drug-likeness (QED) is 0.636. The van der Waals surface area contributed by atoms with Crippen molar-refractivity contribution in [3.05, 3.63) is 52.2 Å². The summed E-state index contributed by atoms with van der Waals surface area (Å²) in [7, 11) is 0. The minimum atomic E-state index is -0.595. The van der Waals surface area contributed by atoms with Crippen molar-refractivity contribution in [3.8, 4) is 0 Å². The summed E-state index contributed by atoms with van der Waals surface area (Å²) >= 11 is 1.38. The Morgan fingerprint density at radius 3 is 2.95 bits per heavy atom. The number of hydrogen-bond acceptors (Lipinski definition) is 6. The highest BCUT2D eigenvalue weighted by atomic mass is 32.2. The summed E-state index contributed by atoms with van der Waals surface area (Å²) in [4.78, 5) is 23.5. The maximum Gasteiger partial charge on any atom is 0.433 e. The summed E-state index contributed by atoms with van der Waals surface area (Å²) in [5, 5.41) is 10.3. The van der Waals surface area contributed by atoms with Crippen molar-refractivity contribution in [2.75, 3.05) is 5.75 Å². The molecule has 20 heavy (non-hydrogen) atoms. The van der Waals surface area contributed by atoms with Crippen LogP contribution in [0.15, 0.2) is 39.4 Å². The van der Waals surface area contributed by atoms with Gasteiger partial charge in [-0.2, -0.15) is 0 Å². The van der Waals surface area contributed by atoms with Crippen LogP contribution in [0.25, 0.3) is 0 Å². The molecular formula is C12H10N2O5S. The Morgan fingerprint density at radius 1 is 1.45 bits per heavy atom. The van der Waals surface area contributed by atoms with Crippen LogP contribution < -0.4 is 0 Å². The van der Waals surface area contributed by atoms with E-state index in [1.807, 2.05) is 0 Å². The van der Waals surface area contributed by atoms with Crippen LogP contribution in [0.3, 0.4) is 0 Å². The van der Waals surface area contributed by atoms with Gasteiger partial charge in [-0.1, -0.05) is 0 Å². The first kappa shape index (κ1) is 12.8. The molecule has 2 aromatic rings. The normalized spacial score (nSPS) is 18.7. The number of nitrogens with zero attached hydrogens (tertiary/aromatic N) is 2. The van der Waals surface area contributed by atoms with Crippen LogP contribution in [0.5, 0.6) is 0 Å². The summed E-state index contributed by atoms with van der Waals surface area (Å²) in [5.74, 6) is 1.01. The van der Waals surface area contributed by atoms with Gasteiger partial charge in [0, 0.05) is 0 Å². The molecule has 0 radical (unpaired) electrons. The molecule has 1 aliphatic heterocycles. The number of nitro groups is 1. The second-order valence-corrected chi connectivity index (χ2v) is 5.27. The van der Waals surface area contributed by atoms with Crippen LogP contribution in [0.1, 0.15) is 16.9 Å². The standard InChI is InChI=1S/C12H10N2O5S/c15-10-7-20-12(9-3-4-11(19-9)14(16)17)13(10)6-8-2-1-5-18-8/h1-5,12H,6-7H2/t12-/m1/s1. The lowest BCUT2D eigenvalue weighted by atomic mass is 10.3. The molecule has 1 aliphatic rings. The van der Waals surface area contributed by atoms with Crippen molar-refractivity contribution in [2.45, 2.75) is 11.9 Å². The third kappa shape index (κ3) is 2.29. The Morgan fingerprint density at radius 2 is 2.30 bits per heavy atom. The van der Waals surface area contributed by atoms with Crippen LogP contribution in [0.4, 0.5) is 5.88 Å². The molecule has 0 spiro atoms. The highest BCUT2D eigenvalue weighted by Gasteiger charge is 2.36. The smallest absolute Gasteiger partial charge is 0.433 e. The Labute approximate surface area is 117 Å². The largest absolute Gasteiger partial charge is 0.467 e. The van der Waals surface area contributed by atoms with Crippen molar-refractivity contribution in [1.29, 1.82) is 0 Å². The number of hydrogen-bond donors (Lipinski definition) is 0. The summed E-state index contributed by atoms with van der Waals surface area (Å²) in [6.07, 6.45) is 1.54. The van der Waals surface area contributed by atoms with Crippen LogP contribution in [-0.4, -0.2) is 21.5 Å². The second-order valence-electron chi connectivity index (χ2n) is 4.20. The van der Waals surface area contributed by atoms with E-state index in [1.165, 1.54) is 30.2 Å². The summed E-state index contributed by atoms with van der Waals surface area (Å²) < 4.78 is 10.4. The Kier molecular flexibility index (Phi) is 3.23. The molecule has 3 rings (SSSR count). The molecular weight excluding hydrogens is 284 g/mol. The monoisotopic (exact) mass is 294 g/mol. The molecule has 2 aromatic heterocycles. The van der Waals surface area contributed by atoms with Crippen LogP contribution in [-0.2, 0) is 11.3 Å². The minimum Gasteiger partial charge on any atom is -0.467 e. The number of amides is 1. The third-order valence-corrected chi connectivity index (χ3v) is 4.13. The Hall–Kier alpha value is -2.22. The lowest BCUT2D eigenvalue weighted by Gasteiger charge is -2.20. The van der Waals surface area contributed by atoms with Crippen molar-refractivity contribution >= 4 is 23.6 Å². The van der Waals surface area contributed by atoms with Crippen molar-refractivity contribution in [1.82, 2.24) is 4.90 Å². The van der Waals surface area contributed by atoms with Gasteiger partial charge in [0.05, 0.1) is 24.6 Å². The molecule has 1 atom stereocenters. The van der Waals surface area contributed by atoms with E-state index in [1.54, 1.807) is 17.0 Å². The fourth-order valence-corrected chi connectivity index (χ4v) is 3.13. The average Bonchev–Trinajstić information content (AvgIpc) is 3.12. The molecule has 1 fully saturated rings. The number of rotatable bonds is 4. The van der Waals surface area contributed by atoms with E-state index in [-0.39, 0.29) is 17.2 Å². The van der Waals surface area contributed by atoms with Gasteiger partial charge in [0.2, 0.25) is 5.91 Å². The molecule has 1 saturated heterocycles. The van der Waals surface area contributed by atoms with E-state index in [4.69, 9.17) is 8.83 Å². The summed E-state index contributed by atoms with van der Waals surface area (Å²) in [6.45, 7) is 0.317. The first-order valence-corrected chi connectivity index (χ1v) is 6.87. The third-order valence-electron chi connectivity index (χ3n) is 2.91. The molecule has 0 aromatic carbocycles. The van der Waals surface area contributed by atoms with E-state index in [0.29, 0.717) is 23.8 Å². The molecule has 0 saturated carbocycles. The van der Waals surface area contributed by atoms with Gasteiger partial charge < -0.3 is 13.7 Å². The molecule has 104 valence electrons. The lowest BCUT2D eigenvalue weighted by molar-refractivity contribution is -0.402. The zero-order valence-corrected chi connectivity index (χ0v) is 11.0. The second kappa shape index (κ2) is 5.04. The zero-order chi connectivity index (χ0) is 14.1. The van der Waals surface area contributed by atoms with Gasteiger partial charge >= 0.3 is 5.88 Å². The first-order valence-electron chi connectivity index (χ1n) is 5.83. The summed E-state index contributed by atoms with van der Waals surface area (Å²) in [5.41, 5.74) is 0. The topological polar surface area (TPSA) is 89.7 Å². The van der Waals surface area contributed by atoms with E-state index < -0.39 is 4.92 Å². The lowest BCUT2D eigenvalue weighted by Crippen LogP contribution is -2.27. The van der Waals surface area contributed by atoms with Crippen molar-refractivity contribution in [3.63, 3.8) is 0 Å². The van der Waals surface area contributed by atoms with E-state index >= 15 is 0 Å². The van der Waals surface area contributed by atoms with Gasteiger partial charge in [-0.3, -0.25) is 14.9 Å². The molecule has 0 N–H and O–H groups in total. The van der Waals surface area contributed by atoms with Crippen LogP contribution in [0.2, 0.25) is 0 Å². The van der Waals surface area contributed by atoms with Crippen LogP contribution >= 0.6 is 11.8 Å². The SMILES string of the molecule is O=C1CS[C@H](c2ccc([N+](=O)[O-])o2)N1Cc1ccco1. The molecule has 7 nitrogen and oxygen atoms in total. The van der Waals surface area contributed by atoms with E-state index in [0.717, 1.165) is 0 Å². The van der Waals surface area contributed by atoms with Crippen LogP contribution in [0, 0.1) is 10.1 Å². The highest BCUT2D eigenvalue weighted by molar-refractivity contribution is 8.00. The Bertz CT molecular complexity index is 636. The van der Waals surface area contributed by atoms with Crippen molar-refractivity contribution < 1.29 is 18.6 Å². The maximum absolute atomic E-state index is 11.9. The van der Waals surface area contributed by atoms with Gasteiger partial charge in [0.1, 0.15) is 21.8 Å². The predicted octanol–water partition coefficient (Wildman–Crippen LogP) is 2.56. The van der Waals surface area contributed by atoms with Gasteiger partial charge in [-0.05, 0) is 18.2 Å². The number of carbonyl (C=O) groups excluding carboxylic acids is 1. The van der Waals surface area contributed by atoms with Crippen molar-refractivity contribution in [2.24, 2.45) is 0 Å². The first-order chi connectivity index (χ1) is 9.65. The molecule has 0 bridgehead atoms. The van der Waals surface area contributed by atoms with Gasteiger partial charge in [0.25, 0.3) is 0 Å². The maximum atomic E-state index is 11.9. The number of furan rings is 2. The number of thioether (sulfide) groups is 1. The molecule has 1 amide bonds. The average molecular weight is 294 g/mol. The molecule has 8 heteroatoms. The minimum absolute atomic E-state index is 0.0459. The molecule has 0 aliphatic carbocycles.